The summed E-state index contributed by atoms with van der Waals surface area (Å²) in [6.07, 6.45) is 5.01. The smallest absolute Gasteiger partial charge is 0.306 e. The summed E-state index contributed by atoms with van der Waals surface area (Å²) in [7, 11) is 0. The Kier molecular flexibility index (Phi) is 6.54. The molecule has 2 atom stereocenters. The lowest BCUT2D eigenvalue weighted by molar-refractivity contribution is -0.147. The topological polar surface area (TPSA) is 74.6 Å². The van der Waals surface area contributed by atoms with Crippen LogP contribution < -0.4 is 0 Å². The van der Waals surface area contributed by atoms with Gasteiger partial charge in [-0.2, -0.15) is 11.8 Å². The highest BCUT2D eigenvalue weighted by atomic mass is 32.2. The van der Waals surface area contributed by atoms with Crippen LogP contribution in [0.25, 0.3) is 0 Å². The van der Waals surface area contributed by atoms with Crippen LogP contribution in [0.3, 0.4) is 0 Å². The minimum absolute atomic E-state index is 0.192. The standard InChI is InChI=1S/C13H22O4S/c1-2-3-4-5-18-11-7-9(12(14)15)6-10(8-11)13(16)17/h9-11H,2-8H2,1H3,(H,14,15)(H,16,17). The first-order chi connectivity index (χ1) is 8.54. The third kappa shape index (κ3) is 4.88. The molecule has 104 valence electrons. The molecule has 0 amide bonds. The van der Waals surface area contributed by atoms with Crippen LogP contribution in [0.15, 0.2) is 0 Å². The molecule has 1 aliphatic carbocycles. The lowest BCUT2D eigenvalue weighted by atomic mass is 9.81. The molecule has 4 nitrogen and oxygen atoms in total. The summed E-state index contributed by atoms with van der Waals surface area (Å²) in [5.74, 6) is -1.65. The van der Waals surface area contributed by atoms with Crippen LogP contribution in [-0.4, -0.2) is 33.2 Å². The van der Waals surface area contributed by atoms with Crippen molar-refractivity contribution in [2.24, 2.45) is 11.8 Å². The zero-order valence-electron chi connectivity index (χ0n) is 10.8. The highest BCUT2D eigenvalue weighted by Crippen LogP contribution is 2.36. The van der Waals surface area contributed by atoms with Gasteiger partial charge in [0.1, 0.15) is 0 Å². The Morgan fingerprint density at radius 3 is 2.06 bits per heavy atom. The number of carbonyl (C=O) groups is 2. The minimum Gasteiger partial charge on any atom is -0.481 e. The lowest BCUT2D eigenvalue weighted by Gasteiger charge is -2.30. The van der Waals surface area contributed by atoms with Crippen LogP contribution in [0.1, 0.15) is 45.4 Å². The molecule has 0 aromatic heterocycles. The van der Waals surface area contributed by atoms with Crippen molar-refractivity contribution in [2.75, 3.05) is 5.75 Å². The number of unbranched alkanes of at least 4 members (excludes halogenated alkanes) is 2. The van der Waals surface area contributed by atoms with E-state index in [2.05, 4.69) is 6.92 Å². The maximum Gasteiger partial charge on any atom is 0.306 e. The van der Waals surface area contributed by atoms with Crippen LogP contribution in [0.4, 0.5) is 0 Å². The molecule has 2 N–H and O–H groups in total. The van der Waals surface area contributed by atoms with Gasteiger partial charge < -0.3 is 10.2 Å². The molecule has 0 aromatic carbocycles. The van der Waals surface area contributed by atoms with Gasteiger partial charge in [0, 0.05) is 5.25 Å². The third-order valence-corrected chi connectivity index (χ3v) is 4.84. The van der Waals surface area contributed by atoms with Crippen LogP contribution in [0.5, 0.6) is 0 Å². The van der Waals surface area contributed by atoms with Gasteiger partial charge in [-0.15, -0.1) is 0 Å². The molecule has 1 rings (SSSR count). The fourth-order valence-corrected chi connectivity index (χ4v) is 3.85. The van der Waals surface area contributed by atoms with Crippen molar-refractivity contribution in [1.82, 2.24) is 0 Å². The van der Waals surface area contributed by atoms with E-state index in [4.69, 9.17) is 10.2 Å². The van der Waals surface area contributed by atoms with Crippen molar-refractivity contribution in [3.05, 3.63) is 0 Å². The normalized spacial score (nSPS) is 27.9. The van der Waals surface area contributed by atoms with E-state index in [-0.39, 0.29) is 11.7 Å². The van der Waals surface area contributed by atoms with E-state index in [1.165, 1.54) is 12.8 Å². The summed E-state index contributed by atoms with van der Waals surface area (Å²) < 4.78 is 0. The van der Waals surface area contributed by atoms with E-state index in [0.717, 1.165) is 12.2 Å². The molecule has 0 spiro atoms. The Hall–Kier alpha value is -0.710. The number of hydrogen-bond donors (Lipinski definition) is 2. The molecule has 18 heavy (non-hydrogen) atoms. The van der Waals surface area contributed by atoms with E-state index >= 15 is 0 Å². The van der Waals surface area contributed by atoms with Crippen molar-refractivity contribution in [3.8, 4) is 0 Å². The average molecular weight is 274 g/mol. The number of thioether (sulfide) groups is 1. The SMILES string of the molecule is CCCCCSC1CC(C(=O)O)CC(C(=O)O)C1. The van der Waals surface area contributed by atoms with E-state index in [0.29, 0.717) is 12.8 Å². The Labute approximate surface area is 112 Å². The van der Waals surface area contributed by atoms with Gasteiger partial charge in [-0.3, -0.25) is 9.59 Å². The molecule has 0 heterocycles. The van der Waals surface area contributed by atoms with Gasteiger partial charge in [-0.05, 0) is 31.4 Å². The second-order valence-corrected chi connectivity index (χ2v) is 6.39. The van der Waals surface area contributed by atoms with Crippen molar-refractivity contribution in [3.63, 3.8) is 0 Å². The van der Waals surface area contributed by atoms with Crippen LogP contribution >= 0.6 is 11.8 Å². The van der Waals surface area contributed by atoms with Gasteiger partial charge in [0.25, 0.3) is 0 Å². The highest BCUT2D eigenvalue weighted by Gasteiger charge is 2.36. The average Bonchev–Trinajstić information content (AvgIpc) is 2.34. The second-order valence-electron chi connectivity index (χ2n) is 4.98. The van der Waals surface area contributed by atoms with Crippen molar-refractivity contribution in [2.45, 2.75) is 50.7 Å². The Bertz CT molecular complexity index is 271. The summed E-state index contributed by atoms with van der Waals surface area (Å²) in [5.41, 5.74) is 0. The first-order valence-corrected chi connectivity index (χ1v) is 7.66. The molecular formula is C13H22O4S. The quantitative estimate of drug-likeness (QED) is 0.698. The van der Waals surface area contributed by atoms with Gasteiger partial charge in [-0.1, -0.05) is 19.8 Å². The van der Waals surface area contributed by atoms with Crippen LogP contribution in [-0.2, 0) is 9.59 Å². The lowest BCUT2D eigenvalue weighted by Crippen LogP contribution is -2.33. The summed E-state index contributed by atoms with van der Waals surface area (Å²) in [5, 5.41) is 18.3. The van der Waals surface area contributed by atoms with Crippen molar-refractivity contribution >= 4 is 23.7 Å². The predicted octanol–water partition coefficient (Wildman–Crippen LogP) is 2.86. The first-order valence-electron chi connectivity index (χ1n) is 6.61. The number of carboxylic acid groups (broad SMARTS) is 2. The van der Waals surface area contributed by atoms with E-state index in [9.17, 15) is 9.59 Å². The molecule has 1 saturated carbocycles. The second kappa shape index (κ2) is 7.67. The van der Waals surface area contributed by atoms with Crippen LogP contribution in [0, 0.1) is 11.8 Å². The van der Waals surface area contributed by atoms with Crippen LogP contribution in [0.2, 0.25) is 0 Å². The largest absolute Gasteiger partial charge is 0.481 e. The predicted molar refractivity (Wildman–Crippen MR) is 71.9 cm³/mol. The molecule has 0 aliphatic heterocycles. The van der Waals surface area contributed by atoms with Gasteiger partial charge >= 0.3 is 11.9 Å². The zero-order valence-corrected chi connectivity index (χ0v) is 11.6. The summed E-state index contributed by atoms with van der Waals surface area (Å²) in [6, 6.07) is 0. The summed E-state index contributed by atoms with van der Waals surface area (Å²) in [4.78, 5) is 22.1. The number of aliphatic carboxylic acids is 2. The van der Waals surface area contributed by atoms with E-state index in [1.54, 1.807) is 11.8 Å². The highest BCUT2D eigenvalue weighted by molar-refractivity contribution is 7.99. The molecule has 0 saturated heterocycles. The Morgan fingerprint density at radius 1 is 1.06 bits per heavy atom. The monoisotopic (exact) mass is 274 g/mol. The summed E-state index contributed by atoms with van der Waals surface area (Å²) in [6.45, 7) is 2.15. The van der Waals surface area contributed by atoms with Gasteiger partial charge in [0.05, 0.1) is 11.8 Å². The molecule has 0 aromatic rings. The Balaban J connectivity index is 2.45. The number of rotatable bonds is 7. The van der Waals surface area contributed by atoms with Gasteiger partial charge in [0.2, 0.25) is 0 Å². The number of carboxylic acids is 2. The molecule has 2 unspecified atom stereocenters. The van der Waals surface area contributed by atoms with E-state index < -0.39 is 23.8 Å². The molecule has 5 heteroatoms. The summed E-state index contributed by atoms with van der Waals surface area (Å²) >= 11 is 1.75. The van der Waals surface area contributed by atoms with Crippen molar-refractivity contribution in [1.29, 1.82) is 0 Å². The molecule has 0 bridgehead atoms. The zero-order chi connectivity index (χ0) is 13.5. The van der Waals surface area contributed by atoms with E-state index in [1.807, 2.05) is 0 Å². The maximum absolute atomic E-state index is 11.0. The van der Waals surface area contributed by atoms with Crippen molar-refractivity contribution < 1.29 is 19.8 Å². The Morgan fingerprint density at radius 2 is 1.61 bits per heavy atom. The molecule has 1 fully saturated rings. The molecule has 0 radical (unpaired) electrons. The maximum atomic E-state index is 11.0. The fraction of sp³-hybridized carbons (Fsp3) is 0.846. The third-order valence-electron chi connectivity index (χ3n) is 3.46. The van der Waals surface area contributed by atoms with Gasteiger partial charge in [-0.25, -0.2) is 0 Å². The number of hydrogen-bond acceptors (Lipinski definition) is 3. The first kappa shape index (κ1) is 15.3. The molecular weight excluding hydrogens is 252 g/mol. The van der Waals surface area contributed by atoms with Gasteiger partial charge in [0.15, 0.2) is 0 Å². The molecule has 1 aliphatic rings. The fourth-order valence-electron chi connectivity index (χ4n) is 2.41. The minimum atomic E-state index is -0.847.